The monoisotopic (exact) mass is 290 g/mol. The Morgan fingerprint density at radius 3 is 2.24 bits per heavy atom. The Kier molecular flexibility index (Phi) is 4.52. The molecule has 2 N–H and O–H groups in total. The average molecular weight is 290 g/mol. The van der Waals surface area contributed by atoms with Crippen molar-refractivity contribution in [3.8, 4) is 0 Å². The lowest BCUT2D eigenvalue weighted by molar-refractivity contribution is -0.114. The molecule has 0 aromatic heterocycles. The lowest BCUT2D eigenvalue weighted by Gasteiger charge is -2.09. The van der Waals surface area contributed by atoms with Gasteiger partial charge in [0, 0.05) is 17.4 Å². The first kappa shape index (κ1) is 15.0. The van der Waals surface area contributed by atoms with Gasteiger partial charge in [-0.15, -0.1) is 0 Å². The molecule has 0 bridgehead atoms. The Hall–Kier alpha value is -2.43. The van der Waals surface area contributed by atoms with E-state index < -0.39 is 11.6 Å². The molecule has 3 nitrogen and oxygen atoms in total. The van der Waals surface area contributed by atoms with Gasteiger partial charge in [-0.05, 0) is 49.2 Å². The van der Waals surface area contributed by atoms with E-state index in [1.165, 1.54) is 6.07 Å². The molecule has 110 valence electrons. The fourth-order valence-corrected chi connectivity index (χ4v) is 2.04. The van der Waals surface area contributed by atoms with Crippen LogP contribution >= 0.6 is 0 Å². The summed E-state index contributed by atoms with van der Waals surface area (Å²) in [5.74, 6) is -2.27. The van der Waals surface area contributed by atoms with Crippen LogP contribution in [0.5, 0.6) is 0 Å². The summed E-state index contributed by atoms with van der Waals surface area (Å²) in [6, 6.07) is 9.13. The summed E-state index contributed by atoms with van der Waals surface area (Å²) in [6.45, 7) is 3.99. The molecule has 21 heavy (non-hydrogen) atoms. The molecule has 0 unspecified atom stereocenters. The van der Waals surface area contributed by atoms with E-state index in [1.807, 2.05) is 32.0 Å². The number of aryl methyl sites for hydroxylation is 2. The summed E-state index contributed by atoms with van der Waals surface area (Å²) >= 11 is 0. The third kappa shape index (κ3) is 4.27. The first-order valence-corrected chi connectivity index (χ1v) is 6.51. The number of halogens is 2. The predicted molar refractivity (Wildman–Crippen MR) is 79.4 cm³/mol. The van der Waals surface area contributed by atoms with E-state index >= 15 is 0 Å². The van der Waals surface area contributed by atoms with Gasteiger partial charge in [0.1, 0.15) is 0 Å². The van der Waals surface area contributed by atoms with Crippen molar-refractivity contribution >= 4 is 17.3 Å². The van der Waals surface area contributed by atoms with Gasteiger partial charge in [-0.3, -0.25) is 4.79 Å². The summed E-state index contributed by atoms with van der Waals surface area (Å²) in [6.07, 6.45) is 0. The van der Waals surface area contributed by atoms with Gasteiger partial charge in [0.2, 0.25) is 5.91 Å². The van der Waals surface area contributed by atoms with Crippen LogP contribution in [0.4, 0.5) is 20.2 Å². The molecule has 0 aliphatic rings. The maximum atomic E-state index is 13.0. The molecule has 2 aromatic carbocycles. The van der Waals surface area contributed by atoms with Crippen LogP contribution in [0.15, 0.2) is 36.4 Å². The number of benzene rings is 2. The summed E-state index contributed by atoms with van der Waals surface area (Å²) in [7, 11) is 0. The molecule has 0 atom stereocenters. The minimum atomic E-state index is -0.991. The molecule has 0 spiro atoms. The fourth-order valence-electron chi connectivity index (χ4n) is 2.04. The Labute approximate surface area is 122 Å². The van der Waals surface area contributed by atoms with Crippen molar-refractivity contribution < 1.29 is 13.6 Å². The van der Waals surface area contributed by atoms with Gasteiger partial charge in [0.05, 0.1) is 6.54 Å². The highest BCUT2D eigenvalue weighted by atomic mass is 19.2. The van der Waals surface area contributed by atoms with E-state index in [1.54, 1.807) is 0 Å². The smallest absolute Gasteiger partial charge is 0.243 e. The SMILES string of the molecule is Cc1cc(C)cc(NCC(=O)Nc2ccc(F)c(F)c2)c1. The van der Waals surface area contributed by atoms with Crippen LogP contribution < -0.4 is 10.6 Å². The van der Waals surface area contributed by atoms with E-state index in [0.717, 1.165) is 28.9 Å². The Bertz CT molecular complexity index is 651. The maximum Gasteiger partial charge on any atom is 0.243 e. The third-order valence-electron chi connectivity index (χ3n) is 2.88. The second-order valence-electron chi connectivity index (χ2n) is 4.91. The Balaban J connectivity index is 1.94. The van der Waals surface area contributed by atoms with Gasteiger partial charge in [0.25, 0.3) is 0 Å². The molecular formula is C16H16F2N2O. The van der Waals surface area contributed by atoms with Crippen LogP contribution in [0.2, 0.25) is 0 Å². The number of rotatable bonds is 4. The third-order valence-corrected chi connectivity index (χ3v) is 2.88. The molecule has 1 amide bonds. The van der Waals surface area contributed by atoms with Crippen molar-refractivity contribution in [3.05, 3.63) is 59.2 Å². The van der Waals surface area contributed by atoms with E-state index in [9.17, 15) is 13.6 Å². The molecule has 0 heterocycles. The number of amides is 1. The molecule has 0 aliphatic heterocycles. The zero-order chi connectivity index (χ0) is 15.4. The van der Waals surface area contributed by atoms with Crippen molar-refractivity contribution in [2.75, 3.05) is 17.2 Å². The van der Waals surface area contributed by atoms with Crippen LogP contribution in [0.25, 0.3) is 0 Å². The molecule has 5 heteroatoms. The summed E-state index contributed by atoms with van der Waals surface area (Å²) in [5, 5.41) is 5.49. The second-order valence-corrected chi connectivity index (χ2v) is 4.91. The van der Waals surface area contributed by atoms with Gasteiger partial charge in [-0.1, -0.05) is 6.07 Å². The highest BCUT2D eigenvalue weighted by Gasteiger charge is 2.06. The number of carbonyl (C=O) groups excluding carboxylic acids is 1. The number of anilines is 2. The normalized spacial score (nSPS) is 10.3. The molecule has 0 saturated carbocycles. The molecule has 0 saturated heterocycles. The van der Waals surface area contributed by atoms with Crippen LogP contribution in [0.1, 0.15) is 11.1 Å². The molecule has 0 radical (unpaired) electrons. The standard InChI is InChI=1S/C16H16F2N2O/c1-10-5-11(2)7-13(6-10)19-9-16(21)20-12-3-4-14(17)15(18)8-12/h3-8,19H,9H2,1-2H3,(H,20,21). The number of nitrogens with one attached hydrogen (secondary N) is 2. The number of hydrogen-bond acceptors (Lipinski definition) is 2. The van der Waals surface area contributed by atoms with E-state index in [4.69, 9.17) is 0 Å². The minimum Gasteiger partial charge on any atom is -0.376 e. The molecule has 0 aliphatic carbocycles. The number of carbonyl (C=O) groups is 1. The van der Waals surface area contributed by atoms with Crippen LogP contribution in [-0.4, -0.2) is 12.5 Å². The first-order valence-electron chi connectivity index (χ1n) is 6.51. The predicted octanol–water partition coefficient (Wildman–Crippen LogP) is 3.63. The summed E-state index contributed by atoms with van der Waals surface area (Å²) in [5.41, 5.74) is 3.26. The highest BCUT2D eigenvalue weighted by Crippen LogP contribution is 2.15. The molecular weight excluding hydrogens is 274 g/mol. The molecule has 2 rings (SSSR count). The van der Waals surface area contributed by atoms with E-state index in [2.05, 4.69) is 10.6 Å². The van der Waals surface area contributed by atoms with Crippen molar-refractivity contribution in [3.63, 3.8) is 0 Å². The van der Waals surface area contributed by atoms with E-state index in [-0.39, 0.29) is 18.1 Å². The topological polar surface area (TPSA) is 41.1 Å². The minimum absolute atomic E-state index is 0.0435. The number of hydrogen-bond donors (Lipinski definition) is 2. The zero-order valence-electron chi connectivity index (χ0n) is 11.8. The van der Waals surface area contributed by atoms with Crippen LogP contribution in [0.3, 0.4) is 0 Å². The van der Waals surface area contributed by atoms with Gasteiger partial charge in [-0.2, -0.15) is 0 Å². The largest absolute Gasteiger partial charge is 0.376 e. The average Bonchev–Trinajstić information content (AvgIpc) is 2.40. The molecule has 2 aromatic rings. The summed E-state index contributed by atoms with van der Waals surface area (Å²) in [4.78, 5) is 11.8. The first-order chi connectivity index (χ1) is 9.94. The van der Waals surface area contributed by atoms with Gasteiger partial charge in [0.15, 0.2) is 11.6 Å². The van der Waals surface area contributed by atoms with Gasteiger partial charge in [-0.25, -0.2) is 8.78 Å². The fraction of sp³-hybridized carbons (Fsp3) is 0.188. The van der Waals surface area contributed by atoms with Crippen LogP contribution in [-0.2, 0) is 4.79 Å². The lowest BCUT2D eigenvalue weighted by Crippen LogP contribution is -2.21. The Morgan fingerprint density at radius 1 is 0.952 bits per heavy atom. The molecule has 0 fully saturated rings. The quantitative estimate of drug-likeness (QED) is 0.902. The van der Waals surface area contributed by atoms with Crippen LogP contribution in [0, 0.1) is 25.5 Å². The van der Waals surface area contributed by atoms with E-state index in [0.29, 0.717) is 0 Å². The van der Waals surface area contributed by atoms with Crippen molar-refractivity contribution in [1.29, 1.82) is 0 Å². The zero-order valence-corrected chi connectivity index (χ0v) is 11.8. The van der Waals surface area contributed by atoms with Crippen molar-refractivity contribution in [1.82, 2.24) is 0 Å². The Morgan fingerprint density at radius 2 is 1.62 bits per heavy atom. The van der Waals surface area contributed by atoms with Crippen molar-refractivity contribution in [2.24, 2.45) is 0 Å². The van der Waals surface area contributed by atoms with Crippen molar-refractivity contribution in [2.45, 2.75) is 13.8 Å². The highest BCUT2D eigenvalue weighted by molar-refractivity contribution is 5.93. The lowest BCUT2D eigenvalue weighted by atomic mass is 10.1. The maximum absolute atomic E-state index is 13.0. The van der Waals surface area contributed by atoms with Gasteiger partial charge < -0.3 is 10.6 Å². The second kappa shape index (κ2) is 6.35. The summed E-state index contributed by atoms with van der Waals surface area (Å²) < 4.78 is 25.8. The van der Waals surface area contributed by atoms with Gasteiger partial charge >= 0.3 is 0 Å².